The summed E-state index contributed by atoms with van der Waals surface area (Å²) >= 11 is 7.11. The first-order valence-corrected chi connectivity index (χ1v) is 12.2. The Kier molecular flexibility index (Phi) is 7.13. The van der Waals surface area contributed by atoms with Gasteiger partial charge in [0, 0.05) is 36.6 Å². The van der Waals surface area contributed by atoms with E-state index >= 15 is 0 Å². The topological polar surface area (TPSA) is 72.4 Å². The lowest BCUT2D eigenvalue weighted by molar-refractivity contribution is 0.472. The highest BCUT2D eigenvalue weighted by molar-refractivity contribution is 7.88. The molecule has 0 saturated heterocycles. The second kappa shape index (κ2) is 9.43. The van der Waals surface area contributed by atoms with E-state index in [1.165, 1.54) is 15.8 Å². The Hall–Kier alpha value is -2.00. The quantitative estimate of drug-likeness (QED) is 0.469. The minimum Gasteiger partial charge on any atom is -0.430 e. The van der Waals surface area contributed by atoms with Gasteiger partial charge in [-0.15, -0.1) is 0 Å². The maximum atomic E-state index is 12.4. The molecule has 0 radical (unpaired) electrons. The SMILES string of the molecule is CCN(C)S(=O)(=O)Cc1cc(C)c(Oc2nc(Cc3ccc(Cl)cc3)ns2)cc1C. The molecule has 0 aliphatic heterocycles. The second-order valence-electron chi connectivity index (χ2n) is 7.10. The van der Waals surface area contributed by atoms with Gasteiger partial charge < -0.3 is 4.74 Å². The van der Waals surface area contributed by atoms with Crippen molar-refractivity contribution < 1.29 is 13.2 Å². The molecular weight excluding hydrogens is 442 g/mol. The van der Waals surface area contributed by atoms with Crippen molar-refractivity contribution >= 4 is 33.2 Å². The normalized spacial score (nSPS) is 11.8. The molecule has 3 rings (SSSR count). The van der Waals surface area contributed by atoms with Crippen LogP contribution in [0.25, 0.3) is 0 Å². The molecule has 9 heteroatoms. The van der Waals surface area contributed by atoms with Crippen molar-refractivity contribution in [2.75, 3.05) is 13.6 Å². The third kappa shape index (κ3) is 5.57. The molecule has 0 N–H and O–H groups in total. The molecule has 1 heterocycles. The highest BCUT2D eigenvalue weighted by Crippen LogP contribution is 2.30. The van der Waals surface area contributed by atoms with E-state index in [9.17, 15) is 8.42 Å². The summed E-state index contributed by atoms with van der Waals surface area (Å²) in [5.74, 6) is 1.29. The number of aromatic nitrogens is 2. The first-order chi connectivity index (χ1) is 14.2. The fraction of sp³-hybridized carbons (Fsp3) is 0.333. The lowest BCUT2D eigenvalue weighted by Crippen LogP contribution is -2.28. The van der Waals surface area contributed by atoms with Crippen LogP contribution in [0.5, 0.6) is 10.9 Å². The van der Waals surface area contributed by atoms with Gasteiger partial charge in [0.1, 0.15) is 5.75 Å². The summed E-state index contributed by atoms with van der Waals surface area (Å²) in [6.45, 7) is 6.03. The standard InChI is InChI=1S/C21H24ClN3O3S2/c1-5-25(4)30(26,27)13-17-10-15(3)19(11-14(17)2)28-21-23-20(24-29-21)12-16-6-8-18(22)9-7-16/h6-11H,5,12-13H2,1-4H3. The van der Waals surface area contributed by atoms with Crippen LogP contribution in [-0.4, -0.2) is 35.7 Å². The summed E-state index contributed by atoms with van der Waals surface area (Å²) in [5.41, 5.74) is 3.54. The molecule has 0 unspecified atom stereocenters. The molecule has 0 fully saturated rings. The van der Waals surface area contributed by atoms with Crippen molar-refractivity contribution in [3.8, 4) is 10.9 Å². The van der Waals surface area contributed by atoms with Crippen LogP contribution in [0.2, 0.25) is 5.02 Å². The Morgan fingerprint density at radius 3 is 2.50 bits per heavy atom. The highest BCUT2D eigenvalue weighted by Gasteiger charge is 2.19. The molecule has 0 aliphatic carbocycles. The van der Waals surface area contributed by atoms with E-state index in [1.807, 2.05) is 57.2 Å². The third-order valence-electron chi connectivity index (χ3n) is 4.81. The zero-order valence-corrected chi connectivity index (χ0v) is 19.7. The van der Waals surface area contributed by atoms with Crippen LogP contribution in [0.15, 0.2) is 36.4 Å². The predicted octanol–water partition coefficient (Wildman–Crippen LogP) is 4.97. The summed E-state index contributed by atoms with van der Waals surface area (Å²) < 4.78 is 36.5. The van der Waals surface area contributed by atoms with Crippen molar-refractivity contribution in [2.45, 2.75) is 32.9 Å². The smallest absolute Gasteiger partial charge is 0.298 e. The van der Waals surface area contributed by atoms with Crippen LogP contribution in [-0.2, 0) is 22.2 Å². The van der Waals surface area contributed by atoms with Gasteiger partial charge in [-0.1, -0.05) is 36.7 Å². The van der Waals surface area contributed by atoms with Gasteiger partial charge in [0.2, 0.25) is 10.0 Å². The van der Waals surface area contributed by atoms with Crippen molar-refractivity contribution in [3.63, 3.8) is 0 Å². The molecular formula is C21H24ClN3O3S2. The number of hydrogen-bond donors (Lipinski definition) is 0. The molecule has 0 aliphatic rings. The highest BCUT2D eigenvalue weighted by atomic mass is 35.5. The third-order valence-corrected chi connectivity index (χ3v) is 7.58. The number of benzene rings is 2. The van der Waals surface area contributed by atoms with Crippen LogP contribution in [0.3, 0.4) is 0 Å². The Labute approximate surface area is 186 Å². The number of aryl methyl sites for hydroxylation is 2. The average molecular weight is 466 g/mol. The van der Waals surface area contributed by atoms with Gasteiger partial charge in [-0.2, -0.15) is 9.36 Å². The van der Waals surface area contributed by atoms with Crippen molar-refractivity contribution in [3.05, 3.63) is 69.5 Å². The van der Waals surface area contributed by atoms with Gasteiger partial charge in [0.05, 0.1) is 5.75 Å². The molecule has 1 aromatic heterocycles. The molecule has 2 aromatic carbocycles. The fourth-order valence-corrected chi connectivity index (χ4v) is 4.85. The van der Waals surface area contributed by atoms with Crippen LogP contribution in [0, 0.1) is 13.8 Å². The maximum Gasteiger partial charge on any atom is 0.298 e. The van der Waals surface area contributed by atoms with E-state index in [0.717, 1.165) is 22.3 Å². The van der Waals surface area contributed by atoms with E-state index in [0.29, 0.717) is 34.8 Å². The summed E-state index contributed by atoms with van der Waals surface area (Å²) in [4.78, 5) is 4.46. The molecule has 6 nitrogen and oxygen atoms in total. The zero-order valence-electron chi connectivity index (χ0n) is 17.3. The van der Waals surface area contributed by atoms with E-state index in [4.69, 9.17) is 16.3 Å². The van der Waals surface area contributed by atoms with Crippen molar-refractivity contribution in [2.24, 2.45) is 0 Å². The molecule has 30 heavy (non-hydrogen) atoms. The summed E-state index contributed by atoms with van der Waals surface area (Å²) in [7, 11) is -1.75. The summed E-state index contributed by atoms with van der Waals surface area (Å²) in [5, 5.41) is 1.14. The average Bonchev–Trinajstić information content (AvgIpc) is 3.13. The first-order valence-electron chi connectivity index (χ1n) is 9.47. The largest absolute Gasteiger partial charge is 0.430 e. The Balaban J connectivity index is 1.74. The maximum absolute atomic E-state index is 12.4. The molecule has 0 spiro atoms. The van der Waals surface area contributed by atoms with Crippen LogP contribution in [0.1, 0.15) is 35.0 Å². The van der Waals surface area contributed by atoms with E-state index in [1.54, 1.807) is 7.05 Å². The molecule has 0 saturated carbocycles. The summed E-state index contributed by atoms with van der Waals surface area (Å²) in [6, 6.07) is 11.3. The molecule has 0 bridgehead atoms. The molecule has 0 amide bonds. The van der Waals surface area contributed by atoms with Gasteiger partial charge in [0.15, 0.2) is 5.82 Å². The number of hydrogen-bond acceptors (Lipinski definition) is 6. The number of ether oxygens (including phenoxy) is 1. The van der Waals surface area contributed by atoms with E-state index in [2.05, 4.69) is 9.36 Å². The zero-order chi connectivity index (χ0) is 21.9. The van der Waals surface area contributed by atoms with Gasteiger partial charge in [-0.3, -0.25) is 0 Å². The molecule has 3 aromatic rings. The monoisotopic (exact) mass is 465 g/mol. The Bertz CT molecular complexity index is 1130. The van der Waals surface area contributed by atoms with Gasteiger partial charge in [0.25, 0.3) is 5.19 Å². The van der Waals surface area contributed by atoms with Gasteiger partial charge >= 0.3 is 0 Å². The van der Waals surface area contributed by atoms with Crippen molar-refractivity contribution in [1.29, 1.82) is 0 Å². The predicted molar refractivity (Wildman–Crippen MR) is 121 cm³/mol. The number of halogens is 1. The first kappa shape index (κ1) is 22.7. The second-order valence-corrected chi connectivity index (χ2v) is 10.3. The number of sulfonamides is 1. The molecule has 0 atom stereocenters. The van der Waals surface area contributed by atoms with E-state index in [-0.39, 0.29) is 5.75 Å². The van der Waals surface area contributed by atoms with Crippen LogP contribution >= 0.6 is 23.1 Å². The Morgan fingerprint density at radius 1 is 1.13 bits per heavy atom. The van der Waals surface area contributed by atoms with Crippen LogP contribution < -0.4 is 4.74 Å². The van der Waals surface area contributed by atoms with Gasteiger partial charge in [-0.05, 0) is 54.3 Å². The van der Waals surface area contributed by atoms with E-state index < -0.39 is 10.0 Å². The minimum atomic E-state index is -3.34. The van der Waals surface area contributed by atoms with Gasteiger partial charge in [-0.25, -0.2) is 12.7 Å². The minimum absolute atomic E-state index is 0.0334. The number of nitrogens with zero attached hydrogens (tertiary/aromatic N) is 3. The molecule has 160 valence electrons. The van der Waals surface area contributed by atoms with Crippen LogP contribution in [0.4, 0.5) is 0 Å². The Morgan fingerprint density at radius 2 is 1.83 bits per heavy atom. The number of rotatable bonds is 8. The fourth-order valence-electron chi connectivity index (χ4n) is 2.85. The lowest BCUT2D eigenvalue weighted by atomic mass is 10.1. The van der Waals surface area contributed by atoms with Crippen molar-refractivity contribution in [1.82, 2.24) is 13.7 Å². The summed E-state index contributed by atoms with van der Waals surface area (Å²) in [6.07, 6.45) is 0.594. The lowest BCUT2D eigenvalue weighted by Gasteiger charge is -2.17.